The van der Waals surface area contributed by atoms with Crippen molar-refractivity contribution in [3.8, 4) is 0 Å². The van der Waals surface area contributed by atoms with Gasteiger partial charge in [-0.3, -0.25) is 10.1 Å². The van der Waals surface area contributed by atoms with E-state index in [2.05, 4.69) is 0 Å². The minimum absolute atomic E-state index is 0.0967. The molecule has 0 radical (unpaired) electrons. The van der Waals surface area contributed by atoms with Gasteiger partial charge in [-0.1, -0.05) is 12.1 Å². The van der Waals surface area contributed by atoms with Gasteiger partial charge in [-0.15, -0.1) is 0 Å². The first kappa shape index (κ1) is 10.1. The van der Waals surface area contributed by atoms with Crippen molar-refractivity contribution in [3.05, 3.63) is 39.9 Å². The van der Waals surface area contributed by atoms with Crippen LogP contribution in [0.5, 0.6) is 0 Å². The molecule has 0 bridgehead atoms. The van der Waals surface area contributed by atoms with Crippen LogP contribution in [0.3, 0.4) is 0 Å². The highest BCUT2D eigenvalue weighted by atomic mass is 16.6. The van der Waals surface area contributed by atoms with Gasteiger partial charge in [0, 0.05) is 17.5 Å². The first-order valence-corrected chi connectivity index (χ1v) is 4.99. The van der Waals surface area contributed by atoms with E-state index in [-0.39, 0.29) is 11.1 Å². The SMILES string of the molecule is CC(O)C1(c2cccc([N+](=O)[O-])c2)CC1. The van der Waals surface area contributed by atoms with E-state index in [9.17, 15) is 15.2 Å². The monoisotopic (exact) mass is 207 g/mol. The van der Waals surface area contributed by atoms with Crippen LogP contribution in [0.2, 0.25) is 0 Å². The summed E-state index contributed by atoms with van der Waals surface area (Å²) in [4.78, 5) is 10.2. The van der Waals surface area contributed by atoms with Crippen molar-refractivity contribution in [2.24, 2.45) is 0 Å². The van der Waals surface area contributed by atoms with Gasteiger partial charge in [-0.25, -0.2) is 0 Å². The minimum Gasteiger partial charge on any atom is -0.392 e. The van der Waals surface area contributed by atoms with Crippen LogP contribution in [-0.4, -0.2) is 16.1 Å². The van der Waals surface area contributed by atoms with Crippen molar-refractivity contribution in [1.82, 2.24) is 0 Å². The number of nitrogens with zero attached hydrogens (tertiary/aromatic N) is 1. The Balaban J connectivity index is 2.37. The second-order valence-corrected chi connectivity index (χ2v) is 4.14. The van der Waals surface area contributed by atoms with Crippen molar-refractivity contribution in [1.29, 1.82) is 0 Å². The van der Waals surface area contributed by atoms with Crippen molar-refractivity contribution < 1.29 is 10.0 Å². The molecule has 0 saturated heterocycles. The minimum atomic E-state index is -0.445. The van der Waals surface area contributed by atoms with Gasteiger partial charge in [0.1, 0.15) is 0 Å². The van der Waals surface area contributed by atoms with E-state index in [1.165, 1.54) is 6.07 Å². The lowest BCUT2D eigenvalue weighted by Crippen LogP contribution is -2.22. The number of aliphatic hydroxyl groups is 1. The smallest absolute Gasteiger partial charge is 0.269 e. The lowest BCUT2D eigenvalue weighted by Gasteiger charge is -2.18. The molecule has 0 aliphatic heterocycles. The molecule has 1 aliphatic rings. The lowest BCUT2D eigenvalue weighted by atomic mass is 9.91. The van der Waals surface area contributed by atoms with E-state index in [4.69, 9.17) is 0 Å². The predicted molar refractivity (Wildman–Crippen MR) is 55.7 cm³/mol. The molecule has 1 saturated carbocycles. The van der Waals surface area contributed by atoms with Gasteiger partial charge < -0.3 is 5.11 Å². The Labute approximate surface area is 87.7 Å². The molecule has 4 heteroatoms. The summed E-state index contributed by atoms with van der Waals surface area (Å²) in [6.07, 6.45) is 1.37. The number of aliphatic hydroxyl groups excluding tert-OH is 1. The van der Waals surface area contributed by atoms with Gasteiger partial charge in [0.05, 0.1) is 11.0 Å². The first-order valence-electron chi connectivity index (χ1n) is 4.99. The molecule has 1 aromatic carbocycles. The third kappa shape index (κ3) is 1.61. The predicted octanol–water partition coefficient (Wildman–Crippen LogP) is 2.01. The quantitative estimate of drug-likeness (QED) is 0.609. The average molecular weight is 207 g/mol. The third-order valence-corrected chi connectivity index (χ3v) is 3.22. The van der Waals surface area contributed by atoms with Gasteiger partial charge in [0.2, 0.25) is 0 Å². The zero-order valence-corrected chi connectivity index (χ0v) is 8.51. The number of nitro benzene ring substituents is 1. The van der Waals surface area contributed by atoms with E-state index in [1.807, 2.05) is 6.07 Å². The summed E-state index contributed by atoms with van der Waals surface area (Å²) in [7, 11) is 0. The fraction of sp³-hybridized carbons (Fsp3) is 0.455. The van der Waals surface area contributed by atoms with Crippen molar-refractivity contribution in [2.75, 3.05) is 0 Å². The average Bonchev–Trinajstić information content (AvgIpc) is 2.98. The van der Waals surface area contributed by atoms with Gasteiger partial charge in [-0.2, -0.15) is 0 Å². The molecule has 15 heavy (non-hydrogen) atoms. The molecule has 1 N–H and O–H groups in total. The first-order chi connectivity index (χ1) is 7.06. The topological polar surface area (TPSA) is 63.4 Å². The van der Waals surface area contributed by atoms with Crippen LogP contribution in [0, 0.1) is 10.1 Å². The van der Waals surface area contributed by atoms with Gasteiger partial charge >= 0.3 is 0 Å². The Bertz CT molecular complexity index is 397. The summed E-state index contributed by atoms with van der Waals surface area (Å²) in [6, 6.07) is 6.57. The number of hydrogen-bond acceptors (Lipinski definition) is 3. The molecule has 1 aliphatic carbocycles. The molecule has 0 spiro atoms. The third-order valence-electron chi connectivity index (χ3n) is 3.22. The maximum absolute atomic E-state index is 10.6. The highest BCUT2D eigenvalue weighted by Crippen LogP contribution is 2.51. The van der Waals surface area contributed by atoms with E-state index >= 15 is 0 Å². The summed E-state index contributed by atoms with van der Waals surface area (Å²) < 4.78 is 0. The molecule has 2 rings (SSSR count). The number of nitro groups is 1. The Morgan fingerprint density at radius 1 is 1.53 bits per heavy atom. The number of rotatable bonds is 3. The molecule has 0 heterocycles. The van der Waals surface area contributed by atoms with Crippen LogP contribution in [0.4, 0.5) is 5.69 Å². The summed E-state index contributed by atoms with van der Waals surface area (Å²) in [5, 5.41) is 20.3. The molecule has 80 valence electrons. The van der Waals surface area contributed by atoms with Crippen LogP contribution >= 0.6 is 0 Å². The van der Waals surface area contributed by atoms with Crippen LogP contribution in [0.15, 0.2) is 24.3 Å². The number of benzene rings is 1. The summed E-state index contributed by atoms with van der Waals surface area (Å²) in [5.74, 6) is 0. The maximum Gasteiger partial charge on any atom is 0.269 e. The van der Waals surface area contributed by atoms with E-state index < -0.39 is 11.0 Å². The second kappa shape index (κ2) is 3.31. The van der Waals surface area contributed by atoms with Crippen molar-refractivity contribution in [3.63, 3.8) is 0 Å². The molecule has 4 nitrogen and oxygen atoms in total. The molecule has 1 atom stereocenters. The zero-order chi connectivity index (χ0) is 11.1. The molecule has 1 aromatic rings. The Kier molecular flexibility index (Phi) is 2.23. The number of non-ortho nitro benzene ring substituents is 1. The standard InChI is InChI=1S/C11H13NO3/c1-8(13)11(5-6-11)9-3-2-4-10(7-9)12(14)15/h2-4,7-8,13H,5-6H2,1H3. The van der Waals surface area contributed by atoms with Crippen molar-refractivity contribution >= 4 is 5.69 Å². The highest BCUT2D eigenvalue weighted by Gasteiger charge is 2.48. The van der Waals surface area contributed by atoms with Gasteiger partial charge in [-0.05, 0) is 25.3 Å². The largest absolute Gasteiger partial charge is 0.392 e. The number of hydrogen-bond donors (Lipinski definition) is 1. The fourth-order valence-corrected chi connectivity index (χ4v) is 2.01. The van der Waals surface area contributed by atoms with Crippen LogP contribution in [-0.2, 0) is 5.41 Å². The summed E-state index contributed by atoms with van der Waals surface area (Å²) in [5.41, 5.74) is 0.748. The zero-order valence-electron chi connectivity index (χ0n) is 8.51. The van der Waals surface area contributed by atoms with Gasteiger partial charge in [0.15, 0.2) is 0 Å². The lowest BCUT2D eigenvalue weighted by molar-refractivity contribution is -0.384. The molecular weight excluding hydrogens is 194 g/mol. The molecule has 0 aromatic heterocycles. The molecule has 1 fully saturated rings. The van der Waals surface area contributed by atoms with Gasteiger partial charge in [0.25, 0.3) is 5.69 Å². The fourth-order valence-electron chi connectivity index (χ4n) is 2.01. The van der Waals surface area contributed by atoms with E-state index in [0.717, 1.165) is 18.4 Å². The summed E-state index contributed by atoms with van der Waals surface area (Å²) >= 11 is 0. The normalized spacial score (nSPS) is 19.6. The highest BCUT2D eigenvalue weighted by molar-refractivity contribution is 5.41. The maximum atomic E-state index is 10.6. The second-order valence-electron chi connectivity index (χ2n) is 4.14. The Morgan fingerprint density at radius 2 is 2.20 bits per heavy atom. The van der Waals surface area contributed by atoms with Crippen LogP contribution in [0.1, 0.15) is 25.3 Å². The van der Waals surface area contributed by atoms with Crippen LogP contribution < -0.4 is 0 Å². The van der Waals surface area contributed by atoms with E-state index in [1.54, 1.807) is 19.1 Å². The molecule has 1 unspecified atom stereocenters. The molecular formula is C11H13NO3. The Morgan fingerprint density at radius 3 is 2.67 bits per heavy atom. The van der Waals surface area contributed by atoms with Crippen molar-refractivity contribution in [2.45, 2.75) is 31.3 Å². The molecule has 0 amide bonds. The van der Waals surface area contributed by atoms with Crippen LogP contribution in [0.25, 0.3) is 0 Å². The summed E-state index contributed by atoms with van der Waals surface area (Å²) in [6.45, 7) is 1.74. The van der Waals surface area contributed by atoms with E-state index in [0.29, 0.717) is 0 Å². The Hall–Kier alpha value is -1.42.